The molecule has 1 aliphatic rings. The van der Waals surface area contributed by atoms with Gasteiger partial charge in [0, 0.05) is 27.2 Å². The van der Waals surface area contributed by atoms with Gasteiger partial charge in [-0.3, -0.25) is 10.4 Å². The van der Waals surface area contributed by atoms with E-state index >= 15 is 0 Å². The number of hydrogen-bond acceptors (Lipinski definition) is 9. The monoisotopic (exact) mass is 256 g/mol. The van der Waals surface area contributed by atoms with Gasteiger partial charge in [-0.15, -0.1) is 0 Å². The van der Waals surface area contributed by atoms with Crippen LogP contribution in [0.25, 0.3) is 0 Å². The summed E-state index contributed by atoms with van der Waals surface area (Å²) >= 11 is 0. The quantitative estimate of drug-likeness (QED) is 0.684. The second kappa shape index (κ2) is 5.29. The number of aromatic nitrogens is 3. The Bertz CT molecular complexity index is 381. The summed E-state index contributed by atoms with van der Waals surface area (Å²) in [5.74, 6) is 0.546. The van der Waals surface area contributed by atoms with Gasteiger partial charge in [0.25, 0.3) is 11.9 Å². The molecule has 2 rings (SSSR count). The van der Waals surface area contributed by atoms with Crippen LogP contribution in [0.5, 0.6) is 0 Å². The fourth-order valence-electron chi connectivity index (χ4n) is 1.54. The molecule has 0 unspecified atom stereocenters. The Hall–Kier alpha value is -1.71. The minimum absolute atomic E-state index is 0.0717. The standard InChI is InChI=1S/C9H16N6O3/c1-13(16)7-10-8(14(2)17)12-9(11-7)15-3-5-18-6-4-15/h16-17H,3-6H2,1-2H3. The zero-order chi connectivity index (χ0) is 13.1. The number of hydrogen-bond donors (Lipinski definition) is 2. The first kappa shape index (κ1) is 12.7. The molecule has 1 saturated heterocycles. The molecule has 2 heterocycles. The maximum absolute atomic E-state index is 9.39. The number of ether oxygens (including phenoxy) is 1. The lowest BCUT2D eigenvalue weighted by Crippen LogP contribution is -2.38. The van der Waals surface area contributed by atoms with Crippen LogP contribution in [-0.2, 0) is 4.74 Å². The predicted octanol–water partition coefficient (Wildman–Crippen LogP) is -0.641. The highest BCUT2D eigenvalue weighted by Gasteiger charge is 2.18. The van der Waals surface area contributed by atoms with Crippen LogP contribution >= 0.6 is 0 Å². The van der Waals surface area contributed by atoms with Crippen LogP contribution in [0.3, 0.4) is 0 Å². The van der Waals surface area contributed by atoms with E-state index < -0.39 is 0 Å². The molecule has 0 saturated carbocycles. The largest absolute Gasteiger partial charge is 0.378 e. The van der Waals surface area contributed by atoms with Gasteiger partial charge in [-0.05, 0) is 0 Å². The molecule has 1 fully saturated rings. The average molecular weight is 256 g/mol. The highest BCUT2D eigenvalue weighted by atomic mass is 16.5. The molecule has 0 bridgehead atoms. The summed E-state index contributed by atoms with van der Waals surface area (Å²) in [6.45, 7) is 2.51. The molecule has 100 valence electrons. The first-order valence-corrected chi connectivity index (χ1v) is 5.52. The van der Waals surface area contributed by atoms with Gasteiger partial charge in [0.2, 0.25) is 5.95 Å². The Labute approximate surface area is 104 Å². The molecule has 9 nitrogen and oxygen atoms in total. The molecular formula is C9H16N6O3. The second-order valence-electron chi connectivity index (χ2n) is 3.88. The molecule has 0 aliphatic carbocycles. The van der Waals surface area contributed by atoms with Crippen molar-refractivity contribution >= 4 is 17.8 Å². The summed E-state index contributed by atoms with van der Waals surface area (Å²) in [5.41, 5.74) is 0. The molecular weight excluding hydrogens is 240 g/mol. The SMILES string of the molecule is CN(O)c1nc(N(C)O)nc(N2CCOCC2)n1. The van der Waals surface area contributed by atoms with Crippen LogP contribution < -0.4 is 15.0 Å². The Kier molecular flexibility index (Phi) is 3.75. The van der Waals surface area contributed by atoms with Crippen LogP contribution in [0.15, 0.2) is 0 Å². The van der Waals surface area contributed by atoms with Gasteiger partial charge < -0.3 is 9.64 Å². The first-order valence-electron chi connectivity index (χ1n) is 5.52. The third kappa shape index (κ3) is 2.75. The van der Waals surface area contributed by atoms with Gasteiger partial charge >= 0.3 is 0 Å². The molecule has 0 atom stereocenters. The van der Waals surface area contributed by atoms with E-state index in [4.69, 9.17) is 4.74 Å². The van der Waals surface area contributed by atoms with E-state index in [1.165, 1.54) is 14.1 Å². The Morgan fingerprint density at radius 1 is 1.00 bits per heavy atom. The van der Waals surface area contributed by atoms with Crippen molar-refractivity contribution in [3.8, 4) is 0 Å². The molecule has 18 heavy (non-hydrogen) atoms. The molecule has 1 aromatic rings. The molecule has 1 aromatic heterocycles. The van der Waals surface area contributed by atoms with Gasteiger partial charge in [-0.2, -0.15) is 15.0 Å². The Morgan fingerprint density at radius 3 is 1.94 bits per heavy atom. The van der Waals surface area contributed by atoms with Gasteiger partial charge in [0.15, 0.2) is 0 Å². The number of anilines is 3. The number of morpholine rings is 1. The van der Waals surface area contributed by atoms with E-state index in [2.05, 4.69) is 15.0 Å². The molecule has 0 radical (unpaired) electrons. The summed E-state index contributed by atoms with van der Waals surface area (Å²) in [5, 5.41) is 20.3. The van der Waals surface area contributed by atoms with Crippen molar-refractivity contribution in [3.05, 3.63) is 0 Å². The van der Waals surface area contributed by atoms with Crippen molar-refractivity contribution in [2.45, 2.75) is 0 Å². The lowest BCUT2D eigenvalue weighted by atomic mass is 10.4. The topological polar surface area (TPSA) is 98.1 Å². The van der Waals surface area contributed by atoms with Gasteiger partial charge in [-0.1, -0.05) is 0 Å². The van der Waals surface area contributed by atoms with E-state index in [0.29, 0.717) is 32.3 Å². The minimum atomic E-state index is 0.0717. The third-order valence-corrected chi connectivity index (χ3v) is 2.47. The zero-order valence-corrected chi connectivity index (χ0v) is 10.3. The maximum Gasteiger partial charge on any atom is 0.256 e. The summed E-state index contributed by atoms with van der Waals surface area (Å²) in [6, 6.07) is 0. The van der Waals surface area contributed by atoms with Gasteiger partial charge in [0.1, 0.15) is 0 Å². The summed E-state index contributed by atoms with van der Waals surface area (Å²) < 4.78 is 5.24. The van der Waals surface area contributed by atoms with Gasteiger partial charge in [-0.25, -0.2) is 10.1 Å². The van der Waals surface area contributed by atoms with Crippen molar-refractivity contribution in [1.82, 2.24) is 15.0 Å². The predicted molar refractivity (Wildman–Crippen MR) is 63.2 cm³/mol. The number of nitrogens with zero attached hydrogens (tertiary/aromatic N) is 6. The van der Waals surface area contributed by atoms with E-state index in [-0.39, 0.29) is 11.9 Å². The normalized spacial score (nSPS) is 15.7. The Balaban J connectivity index is 2.32. The molecule has 2 N–H and O–H groups in total. The van der Waals surface area contributed by atoms with Crippen LogP contribution in [0.2, 0.25) is 0 Å². The number of rotatable bonds is 3. The van der Waals surface area contributed by atoms with E-state index in [0.717, 1.165) is 10.1 Å². The third-order valence-electron chi connectivity index (χ3n) is 2.47. The molecule has 0 amide bonds. The lowest BCUT2D eigenvalue weighted by molar-refractivity contribution is 0.122. The fraction of sp³-hybridized carbons (Fsp3) is 0.667. The molecule has 0 spiro atoms. The average Bonchev–Trinajstić information content (AvgIpc) is 2.39. The molecule has 0 aromatic carbocycles. The van der Waals surface area contributed by atoms with E-state index in [1.807, 2.05) is 4.90 Å². The van der Waals surface area contributed by atoms with Crippen molar-refractivity contribution < 1.29 is 15.2 Å². The van der Waals surface area contributed by atoms with Crippen LogP contribution in [0.4, 0.5) is 17.8 Å². The maximum atomic E-state index is 9.39. The van der Waals surface area contributed by atoms with E-state index in [1.54, 1.807) is 0 Å². The van der Waals surface area contributed by atoms with E-state index in [9.17, 15) is 10.4 Å². The zero-order valence-electron chi connectivity index (χ0n) is 10.3. The summed E-state index contributed by atoms with van der Waals surface area (Å²) in [4.78, 5) is 14.1. The van der Waals surface area contributed by atoms with Crippen molar-refractivity contribution in [2.75, 3.05) is 55.4 Å². The highest BCUT2D eigenvalue weighted by molar-refractivity contribution is 5.43. The first-order chi connectivity index (χ1) is 8.58. The minimum Gasteiger partial charge on any atom is -0.378 e. The summed E-state index contributed by atoms with van der Waals surface area (Å²) in [7, 11) is 2.80. The molecule has 9 heteroatoms. The summed E-state index contributed by atoms with van der Waals surface area (Å²) in [6.07, 6.45) is 0. The van der Waals surface area contributed by atoms with Gasteiger partial charge in [0.05, 0.1) is 13.2 Å². The molecule has 1 aliphatic heterocycles. The Morgan fingerprint density at radius 2 is 1.50 bits per heavy atom. The second-order valence-corrected chi connectivity index (χ2v) is 3.88. The van der Waals surface area contributed by atoms with Crippen LogP contribution in [0, 0.1) is 0 Å². The van der Waals surface area contributed by atoms with Crippen molar-refractivity contribution in [2.24, 2.45) is 0 Å². The van der Waals surface area contributed by atoms with Crippen LogP contribution in [0.1, 0.15) is 0 Å². The highest BCUT2D eigenvalue weighted by Crippen LogP contribution is 2.17. The van der Waals surface area contributed by atoms with Crippen LogP contribution in [-0.4, -0.2) is 65.8 Å². The lowest BCUT2D eigenvalue weighted by Gasteiger charge is -2.27. The fourth-order valence-corrected chi connectivity index (χ4v) is 1.54. The van der Waals surface area contributed by atoms with Crippen molar-refractivity contribution in [3.63, 3.8) is 0 Å². The smallest absolute Gasteiger partial charge is 0.256 e. The number of hydroxylamine groups is 2. The van der Waals surface area contributed by atoms with Crippen molar-refractivity contribution in [1.29, 1.82) is 0 Å².